The summed E-state index contributed by atoms with van der Waals surface area (Å²) in [7, 11) is 1.53. The molecule has 7 nitrogen and oxygen atoms in total. The van der Waals surface area contributed by atoms with E-state index in [9.17, 15) is 9.59 Å². The first-order valence-electron chi connectivity index (χ1n) is 7.05. The molecular formula is C13H25N3O4. The molecular weight excluding hydrogens is 262 g/mol. The number of amides is 2. The Labute approximate surface area is 120 Å². The van der Waals surface area contributed by atoms with Crippen molar-refractivity contribution in [2.75, 3.05) is 59.5 Å². The SMILES string of the molecule is CCCN1CCN(C(=O)N(CCOC)CC(=O)O)CC1. The number of carbonyl (C=O) groups excluding carboxylic acids is 1. The number of carboxylic acids is 1. The van der Waals surface area contributed by atoms with E-state index in [0.29, 0.717) is 26.2 Å². The molecule has 116 valence electrons. The number of hydrogen-bond donors (Lipinski definition) is 1. The second kappa shape index (κ2) is 8.76. The van der Waals surface area contributed by atoms with Crippen LogP contribution in [0.25, 0.3) is 0 Å². The molecule has 7 heteroatoms. The monoisotopic (exact) mass is 287 g/mol. The first-order chi connectivity index (χ1) is 9.58. The Kier molecular flexibility index (Phi) is 7.32. The van der Waals surface area contributed by atoms with Gasteiger partial charge in [-0.15, -0.1) is 0 Å². The van der Waals surface area contributed by atoms with E-state index in [-0.39, 0.29) is 12.6 Å². The molecule has 0 aromatic heterocycles. The summed E-state index contributed by atoms with van der Waals surface area (Å²) in [4.78, 5) is 28.5. The van der Waals surface area contributed by atoms with E-state index in [1.807, 2.05) is 0 Å². The third-order valence-electron chi connectivity index (χ3n) is 3.34. The quantitative estimate of drug-likeness (QED) is 0.722. The smallest absolute Gasteiger partial charge is 0.323 e. The summed E-state index contributed by atoms with van der Waals surface area (Å²) in [5, 5.41) is 8.88. The zero-order chi connectivity index (χ0) is 15.0. The average Bonchev–Trinajstić information content (AvgIpc) is 2.43. The van der Waals surface area contributed by atoms with Crippen LogP contribution in [0.3, 0.4) is 0 Å². The Morgan fingerprint density at radius 1 is 1.25 bits per heavy atom. The number of aliphatic carboxylic acids is 1. The van der Waals surface area contributed by atoms with Crippen LogP contribution < -0.4 is 0 Å². The molecule has 1 rings (SSSR count). The molecule has 0 saturated carbocycles. The van der Waals surface area contributed by atoms with E-state index in [1.165, 1.54) is 12.0 Å². The van der Waals surface area contributed by atoms with Crippen molar-refractivity contribution in [3.8, 4) is 0 Å². The molecule has 1 fully saturated rings. The Bertz CT molecular complexity index is 317. The van der Waals surface area contributed by atoms with Gasteiger partial charge in [0.1, 0.15) is 6.54 Å². The van der Waals surface area contributed by atoms with Gasteiger partial charge in [-0.2, -0.15) is 0 Å². The molecule has 2 amide bonds. The fraction of sp³-hybridized carbons (Fsp3) is 0.846. The fourth-order valence-corrected chi connectivity index (χ4v) is 2.29. The van der Waals surface area contributed by atoms with Crippen molar-refractivity contribution in [1.29, 1.82) is 0 Å². The van der Waals surface area contributed by atoms with Crippen LogP contribution in [-0.2, 0) is 9.53 Å². The number of nitrogens with zero attached hydrogens (tertiary/aromatic N) is 3. The van der Waals surface area contributed by atoms with E-state index in [0.717, 1.165) is 26.1 Å². The highest BCUT2D eigenvalue weighted by atomic mass is 16.5. The first-order valence-corrected chi connectivity index (χ1v) is 7.05. The summed E-state index contributed by atoms with van der Waals surface area (Å²) in [6.45, 7) is 6.56. The summed E-state index contributed by atoms with van der Waals surface area (Å²) >= 11 is 0. The molecule has 0 aromatic rings. The van der Waals surface area contributed by atoms with Gasteiger partial charge in [0.05, 0.1) is 6.61 Å². The molecule has 0 bridgehead atoms. The van der Waals surface area contributed by atoms with Crippen molar-refractivity contribution in [2.45, 2.75) is 13.3 Å². The molecule has 1 saturated heterocycles. The molecule has 1 N–H and O–H groups in total. The number of methoxy groups -OCH3 is 1. The van der Waals surface area contributed by atoms with Crippen LogP contribution in [0.2, 0.25) is 0 Å². The maximum Gasteiger partial charge on any atom is 0.323 e. The van der Waals surface area contributed by atoms with E-state index in [1.54, 1.807) is 4.90 Å². The molecule has 0 aliphatic carbocycles. The number of carboxylic acid groups (broad SMARTS) is 1. The molecule has 0 unspecified atom stereocenters. The van der Waals surface area contributed by atoms with Gasteiger partial charge in [0.25, 0.3) is 0 Å². The topological polar surface area (TPSA) is 73.3 Å². The molecule has 1 heterocycles. The highest BCUT2D eigenvalue weighted by molar-refractivity contribution is 5.80. The van der Waals surface area contributed by atoms with Crippen LogP contribution in [-0.4, -0.2) is 91.3 Å². The van der Waals surface area contributed by atoms with Gasteiger partial charge in [-0.05, 0) is 13.0 Å². The van der Waals surface area contributed by atoms with Crippen molar-refractivity contribution in [1.82, 2.24) is 14.7 Å². The lowest BCUT2D eigenvalue weighted by molar-refractivity contribution is -0.137. The Morgan fingerprint density at radius 2 is 1.90 bits per heavy atom. The third kappa shape index (κ3) is 5.34. The standard InChI is InChI=1S/C13H25N3O4/c1-3-4-14-5-7-15(8-6-14)13(19)16(9-10-20-2)11-12(17)18/h3-11H2,1-2H3,(H,17,18). The summed E-state index contributed by atoms with van der Waals surface area (Å²) < 4.78 is 4.93. The van der Waals surface area contributed by atoms with Crippen molar-refractivity contribution in [2.24, 2.45) is 0 Å². The second-order valence-electron chi connectivity index (χ2n) is 4.92. The van der Waals surface area contributed by atoms with Crippen LogP contribution >= 0.6 is 0 Å². The molecule has 0 radical (unpaired) electrons. The van der Waals surface area contributed by atoms with Gasteiger partial charge < -0.3 is 19.6 Å². The zero-order valence-electron chi connectivity index (χ0n) is 12.4. The van der Waals surface area contributed by atoms with Gasteiger partial charge in [-0.3, -0.25) is 9.69 Å². The number of urea groups is 1. The van der Waals surface area contributed by atoms with E-state index < -0.39 is 5.97 Å². The largest absolute Gasteiger partial charge is 0.480 e. The van der Waals surface area contributed by atoms with Crippen molar-refractivity contribution < 1.29 is 19.4 Å². The van der Waals surface area contributed by atoms with Crippen molar-refractivity contribution >= 4 is 12.0 Å². The van der Waals surface area contributed by atoms with Gasteiger partial charge in [-0.25, -0.2) is 4.79 Å². The summed E-state index contributed by atoms with van der Waals surface area (Å²) in [6, 6.07) is -0.208. The van der Waals surface area contributed by atoms with Crippen LogP contribution in [0.1, 0.15) is 13.3 Å². The lowest BCUT2D eigenvalue weighted by Crippen LogP contribution is -2.54. The number of ether oxygens (including phenoxy) is 1. The lowest BCUT2D eigenvalue weighted by Gasteiger charge is -2.37. The molecule has 1 aliphatic heterocycles. The van der Waals surface area contributed by atoms with Crippen LogP contribution in [0.5, 0.6) is 0 Å². The molecule has 20 heavy (non-hydrogen) atoms. The number of rotatable bonds is 7. The minimum atomic E-state index is -1.00. The Morgan fingerprint density at radius 3 is 2.40 bits per heavy atom. The lowest BCUT2D eigenvalue weighted by atomic mass is 10.3. The normalized spacial score (nSPS) is 16.2. The first kappa shape index (κ1) is 16.7. The minimum absolute atomic E-state index is 0.208. The van der Waals surface area contributed by atoms with Gasteiger partial charge in [0.2, 0.25) is 0 Å². The minimum Gasteiger partial charge on any atom is -0.480 e. The molecule has 0 aromatic carbocycles. The maximum absolute atomic E-state index is 12.3. The highest BCUT2D eigenvalue weighted by Gasteiger charge is 2.25. The third-order valence-corrected chi connectivity index (χ3v) is 3.34. The van der Waals surface area contributed by atoms with Gasteiger partial charge in [0.15, 0.2) is 0 Å². The fourth-order valence-electron chi connectivity index (χ4n) is 2.29. The van der Waals surface area contributed by atoms with Gasteiger partial charge >= 0.3 is 12.0 Å². The van der Waals surface area contributed by atoms with Gasteiger partial charge in [0, 0.05) is 39.8 Å². The maximum atomic E-state index is 12.3. The average molecular weight is 287 g/mol. The van der Waals surface area contributed by atoms with E-state index in [2.05, 4.69) is 11.8 Å². The van der Waals surface area contributed by atoms with Crippen LogP contribution in [0, 0.1) is 0 Å². The van der Waals surface area contributed by atoms with Crippen LogP contribution in [0.15, 0.2) is 0 Å². The van der Waals surface area contributed by atoms with Gasteiger partial charge in [-0.1, -0.05) is 6.92 Å². The van der Waals surface area contributed by atoms with E-state index >= 15 is 0 Å². The van der Waals surface area contributed by atoms with E-state index in [4.69, 9.17) is 9.84 Å². The Hall–Kier alpha value is -1.34. The van der Waals surface area contributed by atoms with Crippen molar-refractivity contribution in [3.63, 3.8) is 0 Å². The highest BCUT2D eigenvalue weighted by Crippen LogP contribution is 2.06. The number of hydrogen-bond acceptors (Lipinski definition) is 4. The number of piperazine rings is 1. The predicted octanol–water partition coefficient (Wildman–Crippen LogP) is 0.167. The van der Waals surface area contributed by atoms with Crippen molar-refractivity contribution in [3.05, 3.63) is 0 Å². The molecule has 0 spiro atoms. The Balaban J connectivity index is 2.50. The summed E-state index contributed by atoms with van der Waals surface area (Å²) in [6.07, 6.45) is 1.10. The zero-order valence-corrected chi connectivity index (χ0v) is 12.4. The summed E-state index contributed by atoms with van der Waals surface area (Å²) in [5.74, 6) is -1.00. The molecule has 1 aliphatic rings. The number of carbonyl (C=O) groups is 2. The van der Waals surface area contributed by atoms with Crippen LogP contribution in [0.4, 0.5) is 4.79 Å². The predicted molar refractivity (Wildman–Crippen MR) is 74.8 cm³/mol. The second-order valence-corrected chi connectivity index (χ2v) is 4.92. The molecule has 0 atom stereocenters. The summed E-state index contributed by atoms with van der Waals surface area (Å²) in [5.41, 5.74) is 0.